The van der Waals surface area contributed by atoms with Gasteiger partial charge in [0, 0.05) is 36.5 Å². The van der Waals surface area contributed by atoms with Gasteiger partial charge in [0.1, 0.15) is 24.7 Å². The summed E-state index contributed by atoms with van der Waals surface area (Å²) in [5.41, 5.74) is 8.22. The number of hydrogen-bond donors (Lipinski definition) is 0. The maximum Gasteiger partial charge on any atom is 0.119 e. The highest BCUT2D eigenvalue weighted by atomic mass is 16.6. The van der Waals surface area contributed by atoms with Gasteiger partial charge in [-0.2, -0.15) is 0 Å². The number of rotatable bonds is 34. The van der Waals surface area contributed by atoms with Crippen molar-refractivity contribution < 1.29 is 56.8 Å². The van der Waals surface area contributed by atoms with Crippen LogP contribution in [0.1, 0.15) is 22.3 Å². The lowest BCUT2D eigenvalue weighted by molar-refractivity contribution is -0.00978. The summed E-state index contributed by atoms with van der Waals surface area (Å²) < 4.78 is 65.8. The molecule has 7 aromatic rings. The van der Waals surface area contributed by atoms with Gasteiger partial charge < -0.3 is 56.8 Å². The summed E-state index contributed by atoms with van der Waals surface area (Å²) in [6, 6.07) is 49.7. The highest BCUT2D eigenvalue weighted by Gasteiger charge is 2.12. The van der Waals surface area contributed by atoms with E-state index in [2.05, 4.69) is 145 Å². The van der Waals surface area contributed by atoms with Crippen molar-refractivity contribution in [3.8, 4) is 57.4 Å². The van der Waals surface area contributed by atoms with Crippen molar-refractivity contribution in [1.82, 2.24) is 0 Å². The van der Waals surface area contributed by atoms with E-state index < -0.39 is 0 Å². The Bertz CT molecular complexity index is 2610. The van der Waals surface area contributed by atoms with Crippen LogP contribution in [0.5, 0.6) is 11.5 Å². The zero-order chi connectivity index (χ0) is 52.5. The Balaban J connectivity index is 0.856. The van der Waals surface area contributed by atoms with Gasteiger partial charge in [-0.3, -0.25) is 0 Å². The predicted molar refractivity (Wildman–Crippen MR) is 298 cm³/mol. The van der Waals surface area contributed by atoms with Crippen LogP contribution in [-0.4, -0.2) is 146 Å². The standard InChI is InChI=1S/C64H70O12/c1-65-31-33-67-35-37-69-39-41-71-43-45-73-47-49-75-57-25-21-55(22-26-57)53-17-11-51(12-18-53)15-29-63-59-7-3-5-9-61(59)64(62-10-6-4-8-60(62)63)30-16-52-13-19-54(20-14-52)56-23-27-58(28-24-56)76-50-48-74-46-44-72-42-40-70-38-36-68-34-32-66-2/h3-14,17-28H,31-50H2,1-2H3. The number of fused-ring (bicyclic) bond motifs is 2. The van der Waals surface area contributed by atoms with Gasteiger partial charge in [0.15, 0.2) is 0 Å². The molecule has 0 aliphatic heterocycles. The molecule has 0 bridgehead atoms. The van der Waals surface area contributed by atoms with Crippen LogP contribution in [0.2, 0.25) is 0 Å². The van der Waals surface area contributed by atoms with E-state index in [0.717, 1.165) is 77.6 Å². The van der Waals surface area contributed by atoms with Gasteiger partial charge in [0.05, 0.1) is 119 Å². The Morgan fingerprint density at radius 1 is 0.250 bits per heavy atom. The molecule has 0 atom stereocenters. The van der Waals surface area contributed by atoms with Gasteiger partial charge in [-0.15, -0.1) is 0 Å². The summed E-state index contributed by atoms with van der Waals surface area (Å²) in [7, 11) is 3.30. The van der Waals surface area contributed by atoms with Crippen molar-refractivity contribution in [1.29, 1.82) is 0 Å². The van der Waals surface area contributed by atoms with Gasteiger partial charge in [-0.25, -0.2) is 0 Å². The van der Waals surface area contributed by atoms with Gasteiger partial charge in [-0.1, -0.05) is 121 Å². The molecule has 0 amide bonds. The monoisotopic (exact) mass is 1030 g/mol. The van der Waals surface area contributed by atoms with E-state index in [1.165, 1.54) is 0 Å². The lowest BCUT2D eigenvalue weighted by Crippen LogP contribution is -2.14. The largest absolute Gasteiger partial charge is 0.491 e. The first-order valence-electron chi connectivity index (χ1n) is 25.9. The van der Waals surface area contributed by atoms with Crippen LogP contribution in [-0.2, 0) is 47.4 Å². The Labute approximate surface area is 448 Å². The average Bonchev–Trinajstić information content (AvgIpc) is 3.46. The van der Waals surface area contributed by atoms with Gasteiger partial charge >= 0.3 is 0 Å². The minimum Gasteiger partial charge on any atom is -0.491 e. The van der Waals surface area contributed by atoms with Crippen LogP contribution in [0.4, 0.5) is 0 Å². The molecular weight excluding hydrogens is 961 g/mol. The van der Waals surface area contributed by atoms with Crippen molar-refractivity contribution in [2.75, 3.05) is 146 Å². The molecular formula is C64H70O12. The minimum absolute atomic E-state index is 0.451. The van der Waals surface area contributed by atoms with Crippen molar-refractivity contribution in [3.05, 3.63) is 168 Å². The third kappa shape index (κ3) is 19.5. The Morgan fingerprint density at radius 3 is 0.750 bits per heavy atom. The van der Waals surface area contributed by atoms with E-state index >= 15 is 0 Å². The van der Waals surface area contributed by atoms with E-state index in [0.29, 0.717) is 132 Å². The summed E-state index contributed by atoms with van der Waals surface area (Å²) in [6.07, 6.45) is 0. The first kappa shape index (κ1) is 57.1. The van der Waals surface area contributed by atoms with Gasteiger partial charge in [0.2, 0.25) is 0 Å². The molecule has 0 heterocycles. The molecule has 0 aliphatic carbocycles. The van der Waals surface area contributed by atoms with E-state index in [-0.39, 0.29) is 0 Å². The SMILES string of the molecule is COCCOCCOCCOCCOCCOc1ccc(-c2ccc(C#Cc3c4ccccc4c(C#Cc4ccc(-c5ccc(OCCOCCOCCOCCOCCOC)cc5)cc4)c4ccccc34)cc2)cc1. The quantitative estimate of drug-likeness (QED) is 0.0218. The van der Waals surface area contributed by atoms with Crippen molar-refractivity contribution in [2.45, 2.75) is 0 Å². The topological polar surface area (TPSA) is 111 Å². The first-order valence-corrected chi connectivity index (χ1v) is 25.9. The Morgan fingerprint density at radius 2 is 0.487 bits per heavy atom. The molecule has 0 saturated carbocycles. The first-order chi connectivity index (χ1) is 37.7. The fraction of sp³-hybridized carbons (Fsp3) is 0.344. The molecule has 0 saturated heterocycles. The second-order valence-corrected chi connectivity index (χ2v) is 17.1. The van der Waals surface area contributed by atoms with Crippen LogP contribution in [0.15, 0.2) is 146 Å². The highest BCUT2D eigenvalue weighted by Crippen LogP contribution is 2.33. The predicted octanol–water partition coefficient (Wildman–Crippen LogP) is 10.3. The molecule has 0 radical (unpaired) electrons. The number of hydrogen-bond acceptors (Lipinski definition) is 12. The summed E-state index contributed by atoms with van der Waals surface area (Å²) in [4.78, 5) is 0. The van der Waals surface area contributed by atoms with Crippen LogP contribution in [0.3, 0.4) is 0 Å². The number of ether oxygens (including phenoxy) is 12. The normalized spacial score (nSPS) is 11.1. The molecule has 0 unspecified atom stereocenters. The lowest BCUT2D eigenvalue weighted by Gasteiger charge is -2.10. The second-order valence-electron chi connectivity index (χ2n) is 17.1. The van der Waals surface area contributed by atoms with Crippen LogP contribution < -0.4 is 9.47 Å². The summed E-state index contributed by atoms with van der Waals surface area (Å²) in [6.45, 7) is 10.4. The maximum atomic E-state index is 5.91. The molecule has 0 aromatic heterocycles. The number of methoxy groups -OCH3 is 2. The molecule has 12 heteroatoms. The highest BCUT2D eigenvalue weighted by molar-refractivity contribution is 6.09. The molecule has 76 heavy (non-hydrogen) atoms. The molecule has 0 N–H and O–H groups in total. The van der Waals surface area contributed by atoms with E-state index in [9.17, 15) is 0 Å². The average molecular weight is 1030 g/mol. The van der Waals surface area contributed by atoms with Crippen LogP contribution in [0.25, 0.3) is 43.8 Å². The van der Waals surface area contributed by atoms with E-state index in [1.807, 2.05) is 24.3 Å². The lowest BCUT2D eigenvalue weighted by atomic mass is 9.91. The van der Waals surface area contributed by atoms with Crippen molar-refractivity contribution >= 4 is 21.5 Å². The Hall–Kier alpha value is -6.62. The summed E-state index contributed by atoms with van der Waals surface area (Å²) in [5.74, 6) is 15.6. The van der Waals surface area contributed by atoms with Gasteiger partial charge in [-0.05, 0) is 92.3 Å². The molecule has 12 nitrogen and oxygen atoms in total. The molecule has 0 spiro atoms. The molecule has 0 aliphatic rings. The zero-order valence-electron chi connectivity index (χ0n) is 43.9. The third-order valence-electron chi connectivity index (χ3n) is 11.8. The second kappa shape index (κ2) is 34.1. The molecule has 7 rings (SSSR count). The fourth-order valence-corrected chi connectivity index (χ4v) is 7.89. The number of benzene rings is 7. The van der Waals surface area contributed by atoms with E-state index in [1.54, 1.807) is 14.2 Å². The fourth-order valence-electron chi connectivity index (χ4n) is 7.89. The van der Waals surface area contributed by atoms with Crippen LogP contribution in [0, 0.1) is 23.7 Å². The molecule has 0 fully saturated rings. The summed E-state index contributed by atoms with van der Waals surface area (Å²) in [5, 5.41) is 4.28. The summed E-state index contributed by atoms with van der Waals surface area (Å²) >= 11 is 0. The smallest absolute Gasteiger partial charge is 0.119 e. The van der Waals surface area contributed by atoms with Crippen LogP contribution >= 0.6 is 0 Å². The minimum atomic E-state index is 0.451. The van der Waals surface area contributed by atoms with E-state index in [4.69, 9.17) is 56.8 Å². The van der Waals surface area contributed by atoms with Crippen molar-refractivity contribution in [2.24, 2.45) is 0 Å². The van der Waals surface area contributed by atoms with Crippen molar-refractivity contribution in [3.63, 3.8) is 0 Å². The zero-order valence-corrected chi connectivity index (χ0v) is 43.9. The van der Waals surface area contributed by atoms with Gasteiger partial charge in [0.25, 0.3) is 0 Å². The molecule has 398 valence electrons. The Kier molecular flexibility index (Phi) is 25.6. The third-order valence-corrected chi connectivity index (χ3v) is 11.8. The maximum absolute atomic E-state index is 5.91. The molecule has 7 aromatic carbocycles.